The number of ether oxygens (including phenoxy) is 2. The molecule has 0 aromatic heterocycles. The van der Waals surface area contributed by atoms with Crippen LogP contribution in [-0.2, 0) is 23.9 Å². The van der Waals surface area contributed by atoms with Crippen LogP contribution in [0.3, 0.4) is 0 Å². The standard InChI is InChI=1S/C25H38O5/c1-14(29-15(2)26)20-8-9-21-19-7-6-17-12-18(30-16(3)27)10-11-24(17,4)23(19)22(28)13-25(20,21)5/h14,17-21,23H,6-13H2,1-5H3/t14-,17-,18-,19+,20+,21-,23-,24+,25+/m1/s1. The Morgan fingerprint density at radius 1 is 1.00 bits per heavy atom. The van der Waals surface area contributed by atoms with Gasteiger partial charge in [-0.3, -0.25) is 14.4 Å². The van der Waals surface area contributed by atoms with E-state index in [-0.39, 0.29) is 46.8 Å². The van der Waals surface area contributed by atoms with Crippen LogP contribution >= 0.6 is 0 Å². The summed E-state index contributed by atoms with van der Waals surface area (Å²) < 4.78 is 11.1. The summed E-state index contributed by atoms with van der Waals surface area (Å²) in [6.07, 6.45) is 7.65. The summed E-state index contributed by atoms with van der Waals surface area (Å²) >= 11 is 0. The number of esters is 2. The van der Waals surface area contributed by atoms with Crippen LogP contribution in [0, 0.1) is 40.4 Å². The number of rotatable bonds is 3. The Morgan fingerprint density at radius 3 is 2.40 bits per heavy atom. The molecule has 4 rings (SSSR count). The molecule has 4 saturated carbocycles. The van der Waals surface area contributed by atoms with Crippen LogP contribution in [0.1, 0.15) is 86.0 Å². The van der Waals surface area contributed by atoms with E-state index in [1.165, 1.54) is 13.8 Å². The summed E-state index contributed by atoms with van der Waals surface area (Å²) in [5.41, 5.74) is -0.0389. The van der Waals surface area contributed by atoms with Gasteiger partial charge in [-0.1, -0.05) is 13.8 Å². The van der Waals surface area contributed by atoms with Crippen molar-refractivity contribution in [1.82, 2.24) is 0 Å². The number of hydrogen-bond donors (Lipinski definition) is 0. The third kappa shape index (κ3) is 3.40. The Hall–Kier alpha value is -1.39. The van der Waals surface area contributed by atoms with Gasteiger partial charge in [0.25, 0.3) is 0 Å². The molecule has 5 nitrogen and oxygen atoms in total. The molecule has 0 spiro atoms. The first-order valence-electron chi connectivity index (χ1n) is 11.9. The fourth-order valence-electron chi connectivity index (χ4n) is 8.53. The molecule has 0 amide bonds. The molecule has 0 saturated heterocycles. The highest BCUT2D eigenvalue weighted by Gasteiger charge is 2.64. The Bertz CT molecular complexity index is 731. The van der Waals surface area contributed by atoms with E-state index in [0.29, 0.717) is 30.0 Å². The average molecular weight is 419 g/mol. The topological polar surface area (TPSA) is 69.7 Å². The van der Waals surface area contributed by atoms with E-state index in [9.17, 15) is 14.4 Å². The van der Waals surface area contributed by atoms with Gasteiger partial charge < -0.3 is 9.47 Å². The second-order valence-electron chi connectivity index (χ2n) is 11.2. The minimum Gasteiger partial charge on any atom is -0.463 e. The smallest absolute Gasteiger partial charge is 0.302 e. The number of fused-ring (bicyclic) bond motifs is 5. The van der Waals surface area contributed by atoms with Crippen molar-refractivity contribution >= 4 is 17.7 Å². The molecule has 30 heavy (non-hydrogen) atoms. The molecule has 0 aromatic rings. The molecular formula is C25H38O5. The number of Topliss-reactive ketones (excluding diaryl/α,β-unsaturated/α-hetero) is 1. The van der Waals surface area contributed by atoms with Crippen molar-refractivity contribution in [3.05, 3.63) is 0 Å². The number of hydrogen-bond acceptors (Lipinski definition) is 5. The maximum absolute atomic E-state index is 13.7. The largest absolute Gasteiger partial charge is 0.463 e. The van der Waals surface area contributed by atoms with E-state index in [1.54, 1.807) is 0 Å². The van der Waals surface area contributed by atoms with E-state index in [2.05, 4.69) is 13.8 Å². The molecule has 0 bridgehead atoms. The normalized spacial score (nSPS) is 46.2. The highest BCUT2D eigenvalue weighted by atomic mass is 16.5. The van der Waals surface area contributed by atoms with Crippen LogP contribution in [0.2, 0.25) is 0 Å². The maximum atomic E-state index is 13.7. The Balaban J connectivity index is 1.56. The SMILES string of the molecule is CC(=O)O[C@@H]1CC[C@@]2(C)[C@H](CC[C@H]3[C@H]4CC[C@@H]([C@@H](C)OC(C)=O)[C@]4(C)CC(=O)[C@@H]32)C1. The summed E-state index contributed by atoms with van der Waals surface area (Å²) in [5, 5.41) is 0. The number of carbonyl (C=O) groups is 3. The highest BCUT2D eigenvalue weighted by Crippen LogP contribution is 2.67. The molecule has 4 aliphatic carbocycles. The zero-order valence-electron chi connectivity index (χ0n) is 19.2. The van der Waals surface area contributed by atoms with Gasteiger partial charge >= 0.3 is 11.9 Å². The lowest BCUT2D eigenvalue weighted by molar-refractivity contribution is -0.172. The third-order valence-corrected chi connectivity index (χ3v) is 9.62. The molecule has 9 atom stereocenters. The molecule has 168 valence electrons. The van der Waals surface area contributed by atoms with E-state index in [4.69, 9.17) is 9.47 Å². The van der Waals surface area contributed by atoms with Crippen LogP contribution < -0.4 is 0 Å². The van der Waals surface area contributed by atoms with Crippen molar-refractivity contribution in [3.8, 4) is 0 Å². The lowest BCUT2D eigenvalue weighted by atomic mass is 9.44. The molecular weight excluding hydrogens is 380 g/mol. The predicted octanol–water partition coefficient (Wildman–Crippen LogP) is 4.71. The zero-order chi connectivity index (χ0) is 21.8. The van der Waals surface area contributed by atoms with Gasteiger partial charge in [-0.05, 0) is 80.5 Å². The van der Waals surface area contributed by atoms with E-state index < -0.39 is 0 Å². The molecule has 0 N–H and O–H groups in total. The Kier molecular flexibility index (Phi) is 5.55. The summed E-state index contributed by atoms with van der Waals surface area (Å²) in [6.45, 7) is 9.60. The fraction of sp³-hybridized carbons (Fsp3) is 0.880. The van der Waals surface area contributed by atoms with E-state index >= 15 is 0 Å². The van der Waals surface area contributed by atoms with Crippen LogP contribution in [0.4, 0.5) is 0 Å². The monoisotopic (exact) mass is 418 g/mol. The van der Waals surface area contributed by atoms with Crippen molar-refractivity contribution in [2.24, 2.45) is 40.4 Å². The van der Waals surface area contributed by atoms with Crippen LogP contribution in [0.25, 0.3) is 0 Å². The second-order valence-corrected chi connectivity index (χ2v) is 11.2. The Labute approximate surface area is 180 Å². The highest BCUT2D eigenvalue weighted by molar-refractivity contribution is 5.84. The van der Waals surface area contributed by atoms with Crippen molar-refractivity contribution in [2.75, 3.05) is 0 Å². The molecule has 0 aliphatic heterocycles. The van der Waals surface area contributed by atoms with Gasteiger partial charge in [-0.25, -0.2) is 0 Å². The minimum absolute atomic E-state index is 0.0153. The lowest BCUT2D eigenvalue weighted by Gasteiger charge is -2.60. The average Bonchev–Trinajstić information content (AvgIpc) is 2.97. The summed E-state index contributed by atoms with van der Waals surface area (Å²) in [7, 11) is 0. The number of ketones is 1. The molecule has 0 heterocycles. The van der Waals surface area contributed by atoms with Gasteiger partial charge in [0, 0.05) is 32.1 Å². The first kappa shape index (κ1) is 21.8. The summed E-state index contributed by atoms with van der Waals surface area (Å²) in [6, 6.07) is 0. The van der Waals surface area contributed by atoms with E-state index in [1.807, 2.05) is 6.92 Å². The van der Waals surface area contributed by atoms with Crippen molar-refractivity contribution < 1.29 is 23.9 Å². The van der Waals surface area contributed by atoms with Crippen molar-refractivity contribution in [3.63, 3.8) is 0 Å². The molecule has 0 aromatic carbocycles. The number of carbonyl (C=O) groups excluding carboxylic acids is 3. The molecule has 0 radical (unpaired) electrons. The first-order chi connectivity index (χ1) is 14.1. The maximum Gasteiger partial charge on any atom is 0.302 e. The van der Waals surface area contributed by atoms with Crippen LogP contribution in [0.5, 0.6) is 0 Å². The zero-order valence-corrected chi connectivity index (χ0v) is 19.2. The van der Waals surface area contributed by atoms with Crippen molar-refractivity contribution in [1.29, 1.82) is 0 Å². The molecule has 4 aliphatic rings. The molecule has 0 unspecified atom stereocenters. The molecule has 5 heteroatoms. The van der Waals surface area contributed by atoms with Gasteiger partial charge in [0.05, 0.1) is 0 Å². The summed E-state index contributed by atoms with van der Waals surface area (Å²) in [4.78, 5) is 36.7. The third-order valence-electron chi connectivity index (χ3n) is 9.62. The van der Waals surface area contributed by atoms with Gasteiger partial charge in [0.2, 0.25) is 0 Å². The lowest BCUT2D eigenvalue weighted by Crippen LogP contribution is -2.58. The van der Waals surface area contributed by atoms with Crippen LogP contribution in [0.15, 0.2) is 0 Å². The quantitative estimate of drug-likeness (QED) is 0.621. The van der Waals surface area contributed by atoms with Gasteiger partial charge in [-0.2, -0.15) is 0 Å². The van der Waals surface area contributed by atoms with Crippen LogP contribution in [-0.4, -0.2) is 29.9 Å². The van der Waals surface area contributed by atoms with E-state index in [0.717, 1.165) is 44.9 Å². The minimum atomic E-state index is -0.230. The molecule has 4 fully saturated rings. The van der Waals surface area contributed by atoms with Gasteiger partial charge in [-0.15, -0.1) is 0 Å². The fourth-order valence-corrected chi connectivity index (χ4v) is 8.53. The summed E-state index contributed by atoms with van der Waals surface area (Å²) in [5.74, 6) is 1.84. The predicted molar refractivity (Wildman–Crippen MR) is 112 cm³/mol. The second kappa shape index (κ2) is 7.63. The van der Waals surface area contributed by atoms with Crippen molar-refractivity contribution in [2.45, 2.75) is 98.2 Å². The van der Waals surface area contributed by atoms with Gasteiger partial charge in [0.1, 0.15) is 18.0 Å². The first-order valence-corrected chi connectivity index (χ1v) is 11.9. The Morgan fingerprint density at radius 2 is 1.73 bits per heavy atom. The van der Waals surface area contributed by atoms with Gasteiger partial charge in [0.15, 0.2) is 0 Å².